The van der Waals surface area contributed by atoms with E-state index in [1.807, 2.05) is 30.3 Å². The van der Waals surface area contributed by atoms with Crippen LogP contribution in [0.1, 0.15) is 24.7 Å². The van der Waals surface area contributed by atoms with Gasteiger partial charge in [0.05, 0.1) is 16.6 Å². The molecule has 1 N–H and O–H groups in total. The van der Waals surface area contributed by atoms with Crippen LogP contribution in [-0.2, 0) is 19.4 Å². The second kappa shape index (κ2) is 8.87. The van der Waals surface area contributed by atoms with E-state index >= 15 is 0 Å². The smallest absolute Gasteiger partial charge is 0.322 e. The second-order valence-electron chi connectivity index (χ2n) is 7.26. The summed E-state index contributed by atoms with van der Waals surface area (Å²) >= 11 is 0. The zero-order valence-electron chi connectivity index (χ0n) is 16.8. The molecule has 4 rings (SSSR count). The minimum atomic E-state index is -3.75. The number of carbonyl (C=O) groups excluding carboxylic acids is 2. The minimum absolute atomic E-state index is 0.0688. The maximum Gasteiger partial charge on any atom is 0.322 e. The molecule has 1 aliphatic heterocycles. The van der Waals surface area contributed by atoms with Gasteiger partial charge in [-0.1, -0.05) is 23.3 Å². The van der Waals surface area contributed by atoms with Crippen molar-refractivity contribution < 1.29 is 26.8 Å². The number of para-hydroxylation sites is 1. The van der Waals surface area contributed by atoms with Crippen LogP contribution in [0.25, 0.3) is 0 Å². The summed E-state index contributed by atoms with van der Waals surface area (Å²) in [5.41, 5.74) is 0.774. The molecule has 2 amide bonds. The highest BCUT2D eigenvalue weighted by Gasteiger charge is 2.35. The number of carbonyl (C=O) groups is 2. The largest absolute Gasteiger partial charge is 0.407 e. The number of aromatic nitrogens is 2. The van der Waals surface area contributed by atoms with Crippen molar-refractivity contribution in [2.45, 2.75) is 23.7 Å². The number of benzene rings is 2. The van der Waals surface area contributed by atoms with Gasteiger partial charge in [-0.2, -0.15) is 0 Å². The predicted octanol–water partition coefficient (Wildman–Crippen LogP) is 2.53. The van der Waals surface area contributed by atoms with Crippen molar-refractivity contribution in [3.8, 4) is 0 Å². The monoisotopic (exact) mass is 458 g/mol. The van der Waals surface area contributed by atoms with Crippen LogP contribution in [0.2, 0.25) is 0 Å². The van der Waals surface area contributed by atoms with Gasteiger partial charge in [0.25, 0.3) is 0 Å². The lowest BCUT2D eigenvalue weighted by Gasteiger charge is -2.15. The highest BCUT2D eigenvalue weighted by Crippen LogP contribution is 2.31. The molecule has 0 aliphatic carbocycles. The molecule has 0 radical (unpaired) electrons. The fraction of sp³-hybridized carbons (Fsp3) is 0.238. The SMILES string of the molecule is O=C(CCS(=O)(=O)c1ccc(F)cc1)Nc1nnc(C2CC(=O)N(c3ccccc3)C2)o1. The van der Waals surface area contributed by atoms with Crippen molar-refractivity contribution in [2.75, 3.05) is 22.5 Å². The molecular weight excluding hydrogens is 439 g/mol. The lowest BCUT2D eigenvalue weighted by molar-refractivity contribution is -0.117. The predicted molar refractivity (Wildman–Crippen MR) is 112 cm³/mol. The highest BCUT2D eigenvalue weighted by molar-refractivity contribution is 7.91. The van der Waals surface area contributed by atoms with Crippen LogP contribution in [0.4, 0.5) is 16.1 Å². The van der Waals surface area contributed by atoms with Crippen LogP contribution in [0.5, 0.6) is 0 Å². The van der Waals surface area contributed by atoms with Crippen molar-refractivity contribution in [1.29, 1.82) is 0 Å². The first kappa shape index (κ1) is 21.6. The molecule has 32 heavy (non-hydrogen) atoms. The number of hydrogen-bond donors (Lipinski definition) is 1. The van der Waals surface area contributed by atoms with E-state index in [-0.39, 0.29) is 41.5 Å². The molecular formula is C21H19FN4O5S. The third-order valence-electron chi connectivity index (χ3n) is 5.00. The lowest BCUT2D eigenvalue weighted by Crippen LogP contribution is -2.24. The number of rotatable bonds is 7. The van der Waals surface area contributed by atoms with E-state index in [1.165, 1.54) is 0 Å². The number of amides is 2. The summed E-state index contributed by atoms with van der Waals surface area (Å²) in [7, 11) is -3.75. The van der Waals surface area contributed by atoms with E-state index in [2.05, 4.69) is 15.5 Å². The van der Waals surface area contributed by atoms with Gasteiger partial charge >= 0.3 is 6.01 Å². The van der Waals surface area contributed by atoms with Gasteiger partial charge in [0.15, 0.2) is 9.84 Å². The van der Waals surface area contributed by atoms with E-state index < -0.39 is 27.3 Å². The van der Waals surface area contributed by atoms with Gasteiger partial charge in [-0.25, -0.2) is 12.8 Å². The molecule has 1 fully saturated rings. The molecule has 2 heterocycles. The second-order valence-corrected chi connectivity index (χ2v) is 9.37. The number of halogens is 1. The summed E-state index contributed by atoms with van der Waals surface area (Å²) in [6, 6.07) is 13.4. The standard InChI is InChI=1S/C21H19FN4O5S/c22-15-6-8-17(9-7-15)32(29,30)11-10-18(27)23-21-25-24-20(31-21)14-12-19(28)26(13-14)16-4-2-1-3-5-16/h1-9,14H,10-13H2,(H,23,25,27). The van der Waals surface area contributed by atoms with Crippen molar-refractivity contribution in [2.24, 2.45) is 0 Å². The highest BCUT2D eigenvalue weighted by atomic mass is 32.2. The van der Waals surface area contributed by atoms with Gasteiger partial charge in [-0.05, 0) is 36.4 Å². The molecule has 0 saturated carbocycles. The molecule has 2 aromatic carbocycles. The van der Waals surface area contributed by atoms with E-state index in [4.69, 9.17) is 4.42 Å². The third kappa shape index (κ3) is 4.83. The average molecular weight is 458 g/mol. The Morgan fingerprint density at radius 2 is 1.84 bits per heavy atom. The van der Waals surface area contributed by atoms with Gasteiger partial charge < -0.3 is 9.32 Å². The zero-order valence-corrected chi connectivity index (χ0v) is 17.6. The molecule has 3 aromatic rings. The maximum absolute atomic E-state index is 13.0. The summed E-state index contributed by atoms with van der Waals surface area (Å²) in [6.45, 7) is 0.369. The first-order chi connectivity index (χ1) is 15.3. The third-order valence-corrected chi connectivity index (χ3v) is 6.73. The van der Waals surface area contributed by atoms with Gasteiger partial charge in [-0.15, -0.1) is 5.10 Å². The Kier molecular flexibility index (Phi) is 5.99. The molecule has 1 saturated heterocycles. The molecule has 1 aliphatic rings. The van der Waals surface area contributed by atoms with E-state index in [0.29, 0.717) is 6.54 Å². The average Bonchev–Trinajstić information content (AvgIpc) is 3.40. The summed E-state index contributed by atoms with van der Waals surface area (Å²) in [4.78, 5) is 26.0. The zero-order chi connectivity index (χ0) is 22.7. The summed E-state index contributed by atoms with van der Waals surface area (Å²) in [5, 5.41) is 10.1. The van der Waals surface area contributed by atoms with E-state index in [9.17, 15) is 22.4 Å². The molecule has 9 nitrogen and oxygen atoms in total. The fourth-order valence-corrected chi connectivity index (χ4v) is 4.59. The van der Waals surface area contributed by atoms with Crippen molar-refractivity contribution in [3.05, 3.63) is 66.3 Å². The van der Waals surface area contributed by atoms with Crippen LogP contribution in [0.15, 0.2) is 63.9 Å². The molecule has 1 atom stereocenters. The van der Waals surface area contributed by atoms with E-state index in [0.717, 1.165) is 30.0 Å². The number of anilines is 2. The van der Waals surface area contributed by atoms with Gasteiger partial charge in [0, 0.05) is 25.1 Å². The number of hydrogen-bond acceptors (Lipinski definition) is 7. The van der Waals surface area contributed by atoms with Gasteiger partial charge in [-0.3, -0.25) is 14.9 Å². The number of nitrogens with zero attached hydrogens (tertiary/aromatic N) is 3. The topological polar surface area (TPSA) is 122 Å². The van der Waals surface area contributed by atoms with Crippen LogP contribution in [0, 0.1) is 5.82 Å². The Bertz CT molecular complexity index is 1230. The van der Waals surface area contributed by atoms with Crippen LogP contribution >= 0.6 is 0 Å². The Balaban J connectivity index is 1.34. The number of sulfone groups is 1. The lowest BCUT2D eigenvalue weighted by atomic mass is 10.1. The molecule has 0 spiro atoms. The molecule has 1 unspecified atom stereocenters. The Morgan fingerprint density at radius 1 is 1.12 bits per heavy atom. The van der Waals surface area contributed by atoms with Crippen molar-refractivity contribution >= 4 is 33.4 Å². The fourth-order valence-electron chi connectivity index (χ4n) is 3.35. The van der Waals surface area contributed by atoms with Gasteiger partial charge in [0.1, 0.15) is 5.82 Å². The van der Waals surface area contributed by atoms with Crippen LogP contribution in [-0.4, -0.2) is 42.7 Å². The molecule has 166 valence electrons. The number of nitrogens with one attached hydrogen (secondary N) is 1. The summed E-state index contributed by atoms with van der Waals surface area (Å²) in [5.74, 6) is -1.82. The first-order valence-corrected chi connectivity index (χ1v) is 11.4. The van der Waals surface area contributed by atoms with Crippen LogP contribution in [0.3, 0.4) is 0 Å². The van der Waals surface area contributed by atoms with E-state index in [1.54, 1.807) is 4.90 Å². The Labute approximate surface area is 183 Å². The maximum atomic E-state index is 13.0. The Hall–Kier alpha value is -3.60. The molecule has 0 bridgehead atoms. The Morgan fingerprint density at radius 3 is 2.56 bits per heavy atom. The molecule has 11 heteroatoms. The quantitative estimate of drug-likeness (QED) is 0.540. The summed E-state index contributed by atoms with van der Waals surface area (Å²) in [6.07, 6.45) is -0.151. The van der Waals surface area contributed by atoms with Crippen LogP contribution < -0.4 is 10.2 Å². The molecule has 1 aromatic heterocycles. The first-order valence-electron chi connectivity index (χ1n) is 9.79. The summed E-state index contributed by atoms with van der Waals surface area (Å²) < 4.78 is 43.0. The van der Waals surface area contributed by atoms with Gasteiger partial charge in [0.2, 0.25) is 17.7 Å². The minimum Gasteiger partial charge on any atom is -0.407 e. The van der Waals surface area contributed by atoms with Crippen molar-refractivity contribution in [3.63, 3.8) is 0 Å². The van der Waals surface area contributed by atoms with Crippen molar-refractivity contribution in [1.82, 2.24) is 10.2 Å². The normalized spacial score (nSPS) is 16.3.